The van der Waals surface area contributed by atoms with Gasteiger partial charge in [-0.3, -0.25) is 4.79 Å². The predicted molar refractivity (Wildman–Crippen MR) is 83.8 cm³/mol. The first-order valence-corrected chi connectivity index (χ1v) is 6.95. The van der Waals surface area contributed by atoms with E-state index in [1.807, 2.05) is 26.8 Å². The molecule has 2 rings (SSSR count). The summed E-state index contributed by atoms with van der Waals surface area (Å²) in [5.41, 5.74) is 1.11. The molecule has 0 amide bonds. The van der Waals surface area contributed by atoms with Crippen LogP contribution in [0.1, 0.15) is 32.4 Å². The maximum Gasteiger partial charge on any atom is 0.248 e. The van der Waals surface area contributed by atoms with Crippen molar-refractivity contribution in [2.24, 2.45) is 0 Å². The summed E-state index contributed by atoms with van der Waals surface area (Å²) < 4.78 is 5.26. The predicted octanol–water partition coefficient (Wildman–Crippen LogP) is 1.96. The zero-order chi connectivity index (χ0) is 15.6. The lowest BCUT2D eigenvalue weighted by molar-refractivity contribution is 0.164. The van der Waals surface area contributed by atoms with Gasteiger partial charge in [-0.15, -0.1) is 0 Å². The normalized spacial score (nSPS) is 13.4. The summed E-state index contributed by atoms with van der Waals surface area (Å²) in [5.74, 6) is 0.586. The molecule has 0 radical (unpaired) electrons. The van der Waals surface area contributed by atoms with Gasteiger partial charge in [0.2, 0.25) is 5.56 Å². The lowest BCUT2D eigenvalue weighted by Crippen LogP contribution is -2.38. The van der Waals surface area contributed by atoms with Crippen LogP contribution in [0.4, 0.5) is 0 Å². The quantitative estimate of drug-likeness (QED) is 0.804. The number of rotatable bonds is 4. The molecule has 1 heterocycles. The average molecular weight is 290 g/mol. The highest BCUT2D eigenvalue weighted by Crippen LogP contribution is 2.29. The molecule has 3 N–H and O–H groups in total. The highest BCUT2D eigenvalue weighted by atomic mass is 16.5. The van der Waals surface area contributed by atoms with E-state index in [0.29, 0.717) is 17.8 Å². The summed E-state index contributed by atoms with van der Waals surface area (Å²) in [4.78, 5) is 14.3. The van der Waals surface area contributed by atoms with E-state index in [0.717, 1.165) is 10.9 Å². The monoisotopic (exact) mass is 290 g/mol. The van der Waals surface area contributed by atoms with E-state index in [4.69, 9.17) is 4.74 Å². The fraction of sp³-hybridized carbons (Fsp3) is 0.438. The minimum absolute atomic E-state index is 0.0719. The first kappa shape index (κ1) is 15.5. The van der Waals surface area contributed by atoms with Crippen molar-refractivity contribution in [1.82, 2.24) is 10.3 Å². The molecule has 2 aromatic rings. The van der Waals surface area contributed by atoms with E-state index >= 15 is 0 Å². The van der Waals surface area contributed by atoms with E-state index in [-0.39, 0.29) is 11.1 Å². The molecule has 0 fully saturated rings. The average Bonchev–Trinajstić information content (AvgIpc) is 2.42. The standard InChI is InChI=1S/C16H22N2O3/c1-16(2,3)17-9-12(19)10-5-7-13(21-4)15-11(10)6-8-14(20)18-15/h5-8,12,17,19H,9H2,1-4H3,(H,18,20)/t12-/m0/s1. The first-order chi connectivity index (χ1) is 9.81. The Balaban J connectivity index is 2.43. The third-order valence-electron chi connectivity index (χ3n) is 3.30. The fourth-order valence-corrected chi connectivity index (χ4v) is 2.22. The van der Waals surface area contributed by atoms with Crippen molar-refractivity contribution in [3.63, 3.8) is 0 Å². The van der Waals surface area contributed by atoms with Gasteiger partial charge < -0.3 is 20.1 Å². The highest BCUT2D eigenvalue weighted by molar-refractivity contribution is 5.87. The molecular weight excluding hydrogens is 268 g/mol. The van der Waals surface area contributed by atoms with Gasteiger partial charge in [-0.2, -0.15) is 0 Å². The molecule has 114 valence electrons. The summed E-state index contributed by atoms with van der Waals surface area (Å²) in [6, 6.07) is 6.75. The maximum absolute atomic E-state index is 11.5. The van der Waals surface area contributed by atoms with Gasteiger partial charge in [0.25, 0.3) is 0 Å². The zero-order valence-electron chi connectivity index (χ0n) is 12.9. The van der Waals surface area contributed by atoms with Crippen molar-refractivity contribution >= 4 is 10.9 Å². The van der Waals surface area contributed by atoms with Crippen molar-refractivity contribution < 1.29 is 9.84 Å². The third kappa shape index (κ3) is 3.62. The molecule has 0 bridgehead atoms. The van der Waals surface area contributed by atoms with Gasteiger partial charge >= 0.3 is 0 Å². The SMILES string of the molecule is COc1ccc([C@@H](O)CNC(C)(C)C)c2ccc(=O)[nH]c12. The van der Waals surface area contributed by atoms with Crippen LogP contribution < -0.4 is 15.6 Å². The van der Waals surface area contributed by atoms with Crippen LogP contribution in [0.5, 0.6) is 5.75 Å². The molecule has 1 aromatic carbocycles. The van der Waals surface area contributed by atoms with E-state index in [2.05, 4.69) is 10.3 Å². The zero-order valence-corrected chi connectivity index (χ0v) is 12.9. The van der Waals surface area contributed by atoms with Gasteiger partial charge in [-0.05, 0) is 38.5 Å². The number of benzene rings is 1. The van der Waals surface area contributed by atoms with Gasteiger partial charge in [0.15, 0.2) is 0 Å². The third-order valence-corrected chi connectivity index (χ3v) is 3.30. The van der Waals surface area contributed by atoms with Gasteiger partial charge in [0.1, 0.15) is 5.75 Å². The topological polar surface area (TPSA) is 74.3 Å². The number of hydrogen-bond donors (Lipinski definition) is 3. The Hall–Kier alpha value is -1.85. The smallest absolute Gasteiger partial charge is 0.248 e. The number of aliphatic hydroxyl groups is 1. The largest absolute Gasteiger partial charge is 0.495 e. The second-order valence-corrected chi connectivity index (χ2v) is 6.12. The second kappa shape index (κ2) is 5.87. The molecule has 5 heteroatoms. The lowest BCUT2D eigenvalue weighted by atomic mass is 10.0. The summed E-state index contributed by atoms with van der Waals surface area (Å²) in [6.45, 7) is 6.57. The second-order valence-electron chi connectivity index (χ2n) is 6.12. The number of H-pyrrole nitrogens is 1. The number of hydrogen-bond acceptors (Lipinski definition) is 4. The number of β-amino-alcohol motifs (C(OH)–C–C–N with tert-alkyl or cyclic N) is 1. The number of aromatic nitrogens is 1. The first-order valence-electron chi connectivity index (χ1n) is 6.95. The number of aromatic amines is 1. The molecule has 1 atom stereocenters. The van der Waals surface area contributed by atoms with Crippen molar-refractivity contribution in [3.8, 4) is 5.75 Å². The van der Waals surface area contributed by atoms with Crippen LogP contribution in [0.3, 0.4) is 0 Å². The summed E-state index contributed by atoms with van der Waals surface area (Å²) in [6.07, 6.45) is -0.663. The summed E-state index contributed by atoms with van der Waals surface area (Å²) in [7, 11) is 1.55. The Labute approximate surface area is 124 Å². The highest BCUT2D eigenvalue weighted by Gasteiger charge is 2.17. The van der Waals surface area contributed by atoms with E-state index < -0.39 is 6.10 Å². The number of fused-ring (bicyclic) bond motifs is 1. The van der Waals surface area contributed by atoms with Crippen molar-refractivity contribution in [1.29, 1.82) is 0 Å². The Morgan fingerprint density at radius 1 is 1.29 bits per heavy atom. The van der Waals surface area contributed by atoms with Gasteiger partial charge in [0, 0.05) is 23.5 Å². The Bertz CT molecular complexity index is 686. The van der Waals surface area contributed by atoms with Crippen molar-refractivity contribution in [2.45, 2.75) is 32.4 Å². The van der Waals surface area contributed by atoms with Crippen LogP contribution in [-0.4, -0.2) is 29.3 Å². The number of aliphatic hydroxyl groups excluding tert-OH is 1. The van der Waals surface area contributed by atoms with Crippen LogP contribution in [0, 0.1) is 0 Å². The number of methoxy groups -OCH3 is 1. The Kier molecular flexibility index (Phi) is 4.34. The van der Waals surface area contributed by atoms with Crippen LogP contribution in [-0.2, 0) is 0 Å². The molecule has 0 saturated heterocycles. The van der Waals surface area contributed by atoms with Crippen LogP contribution in [0.2, 0.25) is 0 Å². The summed E-state index contributed by atoms with van der Waals surface area (Å²) >= 11 is 0. The van der Waals surface area contributed by atoms with E-state index in [1.54, 1.807) is 19.2 Å². The van der Waals surface area contributed by atoms with Crippen LogP contribution >= 0.6 is 0 Å². The van der Waals surface area contributed by atoms with Gasteiger partial charge in [-0.25, -0.2) is 0 Å². The fourth-order valence-electron chi connectivity index (χ4n) is 2.22. The summed E-state index contributed by atoms with van der Waals surface area (Å²) in [5, 5.41) is 14.5. The van der Waals surface area contributed by atoms with Crippen molar-refractivity contribution in [2.75, 3.05) is 13.7 Å². The minimum Gasteiger partial charge on any atom is -0.495 e. The van der Waals surface area contributed by atoms with Crippen LogP contribution in [0.25, 0.3) is 10.9 Å². The number of pyridine rings is 1. The Morgan fingerprint density at radius 2 is 2.00 bits per heavy atom. The maximum atomic E-state index is 11.5. The molecule has 0 saturated carbocycles. The molecule has 0 spiro atoms. The molecule has 1 aromatic heterocycles. The van der Waals surface area contributed by atoms with Crippen LogP contribution in [0.15, 0.2) is 29.1 Å². The molecule has 5 nitrogen and oxygen atoms in total. The Morgan fingerprint density at radius 3 is 2.62 bits per heavy atom. The molecule has 0 aliphatic heterocycles. The number of nitrogens with one attached hydrogen (secondary N) is 2. The molecule has 0 aliphatic carbocycles. The van der Waals surface area contributed by atoms with E-state index in [1.165, 1.54) is 6.07 Å². The van der Waals surface area contributed by atoms with Gasteiger partial charge in [-0.1, -0.05) is 6.07 Å². The molecule has 0 unspecified atom stereocenters. The van der Waals surface area contributed by atoms with E-state index in [9.17, 15) is 9.90 Å². The number of ether oxygens (including phenoxy) is 1. The lowest BCUT2D eigenvalue weighted by Gasteiger charge is -2.23. The molecular formula is C16H22N2O3. The molecule has 0 aliphatic rings. The molecule has 21 heavy (non-hydrogen) atoms. The van der Waals surface area contributed by atoms with Gasteiger partial charge in [0.05, 0.1) is 18.7 Å². The minimum atomic E-state index is -0.663. The van der Waals surface area contributed by atoms with Crippen molar-refractivity contribution in [3.05, 3.63) is 40.2 Å².